The van der Waals surface area contributed by atoms with Crippen molar-refractivity contribution >= 4 is 27.7 Å². The van der Waals surface area contributed by atoms with Crippen molar-refractivity contribution in [2.75, 3.05) is 19.6 Å². The van der Waals surface area contributed by atoms with Crippen LogP contribution in [0.3, 0.4) is 0 Å². The Balaban J connectivity index is 1.67. The number of aliphatic carboxylic acids is 1. The van der Waals surface area contributed by atoms with Crippen molar-refractivity contribution in [1.29, 1.82) is 0 Å². The molecule has 0 bridgehead atoms. The lowest BCUT2D eigenvalue weighted by Crippen LogP contribution is -2.41. The predicted molar refractivity (Wildman–Crippen MR) is 85.1 cm³/mol. The number of piperidine rings is 1. The number of hydrogen-bond donors (Lipinski definition) is 2. The molecule has 0 saturated carbocycles. The van der Waals surface area contributed by atoms with Crippen LogP contribution in [0.25, 0.3) is 0 Å². The fraction of sp³-hybridized carbons (Fsp3) is 0.400. The van der Waals surface area contributed by atoms with E-state index in [2.05, 4.69) is 9.71 Å². The Morgan fingerprint density at radius 3 is 2.58 bits per heavy atom. The van der Waals surface area contributed by atoms with Crippen LogP contribution in [0.5, 0.6) is 0 Å². The van der Waals surface area contributed by atoms with Crippen LogP contribution in [-0.4, -0.2) is 55.8 Å². The summed E-state index contributed by atoms with van der Waals surface area (Å²) in [7, 11) is -3.62. The quantitative estimate of drug-likeness (QED) is 0.798. The zero-order valence-corrected chi connectivity index (χ0v) is 13.6. The summed E-state index contributed by atoms with van der Waals surface area (Å²) in [6.45, 7) is 0.579. The number of amides is 1. The highest BCUT2D eigenvalue weighted by molar-refractivity contribution is 7.90. The standard InChI is InChI=1S/C15H17N3O5S/c19-13(18-7-5-10(6-8-18)15(20)21)9-16-14-11-3-1-2-4-12(11)24(22,23)17-14/h1-4,10H,5-9H2,(H,16,17)(H,20,21). The Morgan fingerprint density at radius 2 is 1.92 bits per heavy atom. The fourth-order valence-corrected chi connectivity index (χ4v) is 4.12. The van der Waals surface area contributed by atoms with Crippen LogP contribution in [0, 0.1) is 5.92 Å². The second kappa shape index (κ2) is 6.23. The number of carbonyl (C=O) groups excluding carboxylic acids is 1. The summed E-state index contributed by atoms with van der Waals surface area (Å²) in [6.07, 6.45) is 0.847. The molecule has 128 valence electrons. The largest absolute Gasteiger partial charge is 0.481 e. The third-order valence-corrected chi connectivity index (χ3v) is 5.63. The first-order valence-corrected chi connectivity index (χ1v) is 9.04. The molecule has 8 nitrogen and oxygen atoms in total. The first kappa shape index (κ1) is 16.4. The lowest BCUT2D eigenvalue weighted by Gasteiger charge is -2.29. The van der Waals surface area contributed by atoms with Crippen molar-refractivity contribution in [2.45, 2.75) is 17.7 Å². The fourth-order valence-electron chi connectivity index (χ4n) is 2.87. The average Bonchev–Trinajstić information content (AvgIpc) is 2.84. The third kappa shape index (κ3) is 3.12. The van der Waals surface area contributed by atoms with Gasteiger partial charge in [0.2, 0.25) is 5.91 Å². The lowest BCUT2D eigenvalue weighted by molar-refractivity contribution is -0.145. The van der Waals surface area contributed by atoms with Crippen molar-refractivity contribution in [3.8, 4) is 0 Å². The van der Waals surface area contributed by atoms with Crippen molar-refractivity contribution in [3.63, 3.8) is 0 Å². The van der Waals surface area contributed by atoms with Crippen molar-refractivity contribution in [2.24, 2.45) is 10.9 Å². The van der Waals surface area contributed by atoms with E-state index in [-0.39, 0.29) is 23.2 Å². The van der Waals surface area contributed by atoms with E-state index >= 15 is 0 Å². The van der Waals surface area contributed by atoms with Gasteiger partial charge in [0.05, 0.1) is 10.8 Å². The maximum Gasteiger partial charge on any atom is 0.306 e. The zero-order valence-electron chi connectivity index (χ0n) is 12.8. The molecular weight excluding hydrogens is 334 g/mol. The number of carboxylic acids is 1. The Labute approximate surface area is 139 Å². The Hall–Kier alpha value is -2.42. The summed E-state index contributed by atoms with van der Waals surface area (Å²) in [5.74, 6) is -1.32. The molecule has 0 unspecified atom stereocenters. The van der Waals surface area contributed by atoms with E-state index in [0.717, 1.165) is 0 Å². The van der Waals surface area contributed by atoms with Gasteiger partial charge in [0.15, 0.2) is 0 Å². The second-order valence-corrected chi connectivity index (χ2v) is 7.41. The van der Waals surface area contributed by atoms with Gasteiger partial charge < -0.3 is 10.0 Å². The highest BCUT2D eigenvalue weighted by Crippen LogP contribution is 2.22. The zero-order chi connectivity index (χ0) is 17.3. The van der Waals surface area contributed by atoms with Gasteiger partial charge in [-0.1, -0.05) is 12.1 Å². The number of nitrogens with one attached hydrogen (secondary N) is 1. The number of fused-ring (bicyclic) bond motifs is 1. The number of likely N-dealkylation sites (tertiary alicyclic amines) is 1. The highest BCUT2D eigenvalue weighted by atomic mass is 32.2. The van der Waals surface area contributed by atoms with E-state index in [1.165, 1.54) is 6.07 Å². The summed E-state index contributed by atoms with van der Waals surface area (Å²) in [5.41, 5.74) is 0.454. The molecule has 0 aromatic heterocycles. The average molecular weight is 351 g/mol. The molecule has 1 aromatic carbocycles. The van der Waals surface area contributed by atoms with Crippen LogP contribution < -0.4 is 4.72 Å². The summed E-state index contributed by atoms with van der Waals surface area (Å²) in [6, 6.07) is 6.45. The predicted octanol–water partition coefficient (Wildman–Crippen LogP) is 0.0483. The number of carbonyl (C=O) groups is 2. The van der Waals surface area contributed by atoms with E-state index in [1.807, 2.05) is 0 Å². The molecule has 0 atom stereocenters. The van der Waals surface area contributed by atoms with Gasteiger partial charge >= 0.3 is 5.97 Å². The second-order valence-electron chi connectivity index (χ2n) is 5.76. The van der Waals surface area contributed by atoms with Crippen molar-refractivity contribution in [1.82, 2.24) is 9.62 Å². The number of carboxylic acid groups (broad SMARTS) is 1. The van der Waals surface area contributed by atoms with Crippen LogP contribution in [0.15, 0.2) is 34.2 Å². The van der Waals surface area contributed by atoms with Crippen LogP contribution in [0.2, 0.25) is 0 Å². The monoisotopic (exact) mass is 351 g/mol. The number of rotatable bonds is 3. The highest BCUT2D eigenvalue weighted by Gasteiger charge is 2.31. The van der Waals surface area contributed by atoms with Gasteiger partial charge in [-0.05, 0) is 25.0 Å². The maximum atomic E-state index is 12.2. The van der Waals surface area contributed by atoms with Gasteiger partial charge in [-0.3, -0.25) is 19.3 Å². The molecule has 1 fully saturated rings. The number of sulfonamides is 1. The lowest BCUT2D eigenvalue weighted by atomic mass is 9.97. The molecule has 0 spiro atoms. The minimum absolute atomic E-state index is 0.151. The van der Waals surface area contributed by atoms with Gasteiger partial charge in [-0.25, -0.2) is 8.42 Å². The minimum atomic E-state index is -3.62. The van der Waals surface area contributed by atoms with E-state index in [1.54, 1.807) is 23.1 Å². The first-order chi connectivity index (χ1) is 11.4. The van der Waals surface area contributed by atoms with Gasteiger partial charge in [-0.15, -0.1) is 0 Å². The normalized spacial score (nSPS) is 21.3. The number of nitrogens with zero attached hydrogens (tertiary/aromatic N) is 2. The van der Waals surface area contributed by atoms with E-state index < -0.39 is 21.9 Å². The van der Waals surface area contributed by atoms with Crippen LogP contribution in [-0.2, 0) is 19.6 Å². The summed E-state index contributed by atoms with van der Waals surface area (Å²) in [5, 5.41) is 8.96. The maximum absolute atomic E-state index is 12.2. The molecular formula is C15H17N3O5S. The number of amidine groups is 1. The minimum Gasteiger partial charge on any atom is -0.481 e. The summed E-state index contributed by atoms with van der Waals surface area (Å²) in [4.78, 5) is 28.9. The van der Waals surface area contributed by atoms with Gasteiger partial charge in [0.1, 0.15) is 12.4 Å². The Kier molecular flexibility index (Phi) is 4.27. The number of hydrogen-bond acceptors (Lipinski definition) is 5. The molecule has 9 heteroatoms. The number of aliphatic imine (C=N–C) groups is 1. The molecule has 0 aliphatic carbocycles. The Morgan fingerprint density at radius 1 is 1.25 bits per heavy atom. The molecule has 1 aromatic rings. The molecule has 0 radical (unpaired) electrons. The van der Waals surface area contributed by atoms with Crippen LogP contribution >= 0.6 is 0 Å². The molecule has 1 amide bonds. The Bertz CT molecular complexity index is 810. The smallest absolute Gasteiger partial charge is 0.306 e. The van der Waals surface area contributed by atoms with Crippen LogP contribution in [0.4, 0.5) is 0 Å². The molecule has 2 N–H and O–H groups in total. The molecule has 24 heavy (non-hydrogen) atoms. The molecule has 2 aliphatic rings. The molecule has 3 rings (SSSR count). The van der Waals surface area contributed by atoms with Crippen LogP contribution in [0.1, 0.15) is 18.4 Å². The van der Waals surface area contributed by atoms with E-state index in [4.69, 9.17) is 5.11 Å². The topological polar surface area (TPSA) is 116 Å². The van der Waals surface area contributed by atoms with Crippen molar-refractivity contribution in [3.05, 3.63) is 29.8 Å². The number of benzene rings is 1. The molecule has 2 heterocycles. The molecule has 1 saturated heterocycles. The van der Waals surface area contributed by atoms with Gasteiger partial charge in [0.25, 0.3) is 10.0 Å². The summed E-state index contributed by atoms with van der Waals surface area (Å²) < 4.78 is 26.3. The van der Waals surface area contributed by atoms with Crippen molar-refractivity contribution < 1.29 is 23.1 Å². The van der Waals surface area contributed by atoms with Gasteiger partial charge in [0, 0.05) is 18.7 Å². The third-order valence-electron chi connectivity index (χ3n) is 4.23. The SMILES string of the molecule is O=C(O)C1CCN(C(=O)CN=C2NS(=O)(=O)c3ccccc32)CC1. The van der Waals surface area contributed by atoms with Gasteiger partial charge in [-0.2, -0.15) is 0 Å². The van der Waals surface area contributed by atoms with E-state index in [0.29, 0.717) is 31.5 Å². The molecule has 2 aliphatic heterocycles. The first-order valence-electron chi connectivity index (χ1n) is 7.56. The summed E-state index contributed by atoms with van der Waals surface area (Å²) >= 11 is 0. The van der Waals surface area contributed by atoms with E-state index in [9.17, 15) is 18.0 Å².